The summed E-state index contributed by atoms with van der Waals surface area (Å²) in [6, 6.07) is 17.2. The van der Waals surface area contributed by atoms with Crippen LogP contribution in [0.4, 0.5) is 5.69 Å². The van der Waals surface area contributed by atoms with Gasteiger partial charge in [-0.3, -0.25) is 9.59 Å². The molecular weight excluding hydrogens is 470 g/mol. The quantitative estimate of drug-likeness (QED) is 0.339. The number of para-hydroxylation sites is 1. The largest absolute Gasteiger partial charge is 0.496 e. The minimum absolute atomic E-state index is 0.0334. The molecular formula is C27H29N7O3. The molecule has 0 bridgehead atoms. The van der Waals surface area contributed by atoms with Crippen molar-refractivity contribution >= 4 is 28.3 Å². The standard InChI is InChI=1S/C27H29N7O3/c1-29-22(25(28)35)14-19-8-7-16-5-3-4-6-23(16)34(27(19)36)15-21-20-11-9-18(26-30-32-33-31-26)13-17(20)10-12-24(21)37-2/h3-6,9-13,19,22,29H,7-8,14-15H2,1-2H3,(H2,28,35)(H,30,31,32,33)/t19-,22-/m0/s1. The zero-order valence-corrected chi connectivity index (χ0v) is 20.8. The van der Waals surface area contributed by atoms with E-state index in [4.69, 9.17) is 10.5 Å². The highest BCUT2D eigenvalue weighted by atomic mass is 16.5. The molecule has 0 radical (unpaired) electrons. The lowest BCUT2D eigenvalue weighted by molar-refractivity contribution is -0.124. The van der Waals surface area contributed by atoms with Crippen LogP contribution < -0.4 is 20.7 Å². The summed E-state index contributed by atoms with van der Waals surface area (Å²) in [5.74, 6) is 0.345. The third kappa shape index (κ3) is 4.75. The zero-order valence-electron chi connectivity index (χ0n) is 20.8. The molecule has 37 heavy (non-hydrogen) atoms. The highest BCUT2D eigenvalue weighted by Crippen LogP contribution is 2.36. The Morgan fingerprint density at radius 1 is 1.24 bits per heavy atom. The van der Waals surface area contributed by atoms with E-state index in [1.807, 2.05) is 53.4 Å². The fraction of sp³-hybridized carbons (Fsp3) is 0.296. The Bertz CT molecular complexity index is 1440. The summed E-state index contributed by atoms with van der Waals surface area (Å²) < 4.78 is 5.74. The number of hydrogen-bond acceptors (Lipinski definition) is 7. The van der Waals surface area contributed by atoms with Gasteiger partial charge in [-0.2, -0.15) is 5.21 Å². The molecule has 0 saturated heterocycles. The van der Waals surface area contributed by atoms with Crippen LogP contribution in [0.3, 0.4) is 0 Å². The fourth-order valence-electron chi connectivity index (χ4n) is 5.13. The number of fused-ring (bicyclic) bond motifs is 2. The van der Waals surface area contributed by atoms with Crippen LogP contribution in [0.15, 0.2) is 54.6 Å². The second-order valence-electron chi connectivity index (χ2n) is 9.19. The molecule has 2 heterocycles. The summed E-state index contributed by atoms with van der Waals surface area (Å²) >= 11 is 0. The highest BCUT2D eigenvalue weighted by Gasteiger charge is 2.33. The predicted octanol–water partition coefficient (Wildman–Crippen LogP) is 2.59. The maximum atomic E-state index is 14.0. The van der Waals surface area contributed by atoms with Gasteiger partial charge in [-0.25, -0.2) is 0 Å². The number of H-pyrrole nitrogens is 1. The first-order valence-electron chi connectivity index (χ1n) is 12.2. The second kappa shape index (κ2) is 10.4. The van der Waals surface area contributed by atoms with Crippen molar-refractivity contribution in [1.82, 2.24) is 25.9 Å². The number of tetrazole rings is 1. The molecule has 1 aliphatic heterocycles. The second-order valence-corrected chi connectivity index (χ2v) is 9.19. The number of aryl methyl sites for hydroxylation is 1. The molecule has 2 amide bonds. The summed E-state index contributed by atoms with van der Waals surface area (Å²) in [6.45, 7) is 0.315. The first-order chi connectivity index (χ1) is 18.0. The smallest absolute Gasteiger partial charge is 0.234 e. The molecule has 0 saturated carbocycles. The van der Waals surface area contributed by atoms with Crippen molar-refractivity contribution in [3.8, 4) is 17.1 Å². The summed E-state index contributed by atoms with van der Waals surface area (Å²) in [5.41, 5.74) is 9.27. The van der Waals surface area contributed by atoms with Gasteiger partial charge in [0.25, 0.3) is 0 Å². The summed E-state index contributed by atoms with van der Waals surface area (Å²) in [6.07, 6.45) is 1.72. The number of hydrogen-bond donors (Lipinski definition) is 3. The number of carbonyl (C=O) groups is 2. The average molecular weight is 500 g/mol. The Hall–Kier alpha value is -4.31. The lowest BCUT2D eigenvalue weighted by atomic mass is 9.93. The number of likely N-dealkylation sites (N-methyl/N-ethyl adjacent to an activating group) is 1. The lowest BCUT2D eigenvalue weighted by Crippen LogP contribution is -2.44. The molecule has 3 aromatic carbocycles. The number of anilines is 1. The Kier molecular flexibility index (Phi) is 6.82. The molecule has 2 atom stereocenters. The monoisotopic (exact) mass is 499 g/mol. The normalized spacial score (nSPS) is 16.3. The van der Waals surface area contributed by atoms with E-state index in [9.17, 15) is 9.59 Å². The first kappa shape index (κ1) is 24.4. The molecule has 1 aliphatic rings. The van der Waals surface area contributed by atoms with Gasteiger partial charge in [0, 0.05) is 22.7 Å². The molecule has 4 aromatic rings. The van der Waals surface area contributed by atoms with Crippen LogP contribution in [0.25, 0.3) is 22.2 Å². The van der Waals surface area contributed by atoms with Gasteiger partial charge >= 0.3 is 0 Å². The topological polar surface area (TPSA) is 139 Å². The Labute approximate surface area is 214 Å². The van der Waals surface area contributed by atoms with Gasteiger partial charge in [0.05, 0.1) is 19.7 Å². The number of nitrogens with two attached hydrogens (primary N) is 1. The fourth-order valence-corrected chi connectivity index (χ4v) is 5.13. The predicted molar refractivity (Wildman–Crippen MR) is 140 cm³/mol. The van der Waals surface area contributed by atoms with E-state index in [1.54, 1.807) is 14.2 Å². The van der Waals surface area contributed by atoms with Gasteiger partial charge < -0.3 is 20.7 Å². The molecule has 0 spiro atoms. The van der Waals surface area contributed by atoms with Crippen LogP contribution in [0.1, 0.15) is 24.0 Å². The van der Waals surface area contributed by atoms with E-state index >= 15 is 0 Å². The number of aromatic nitrogens is 4. The van der Waals surface area contributed by atoms with Gasteiger partial charge in [0.1, 0.15) is 5.75 Å². The van der Waals surface area contributed by atoms with Gasteiger partial charge in [0.15, 0.2) is 0 Å². The molecule has 190 valence electrons. The number of aromatic amines is 1. The van der Waals surface area contributed by atoms with Gasteiger partial charge in [-0.1, -0.05) is 36.4 Å². The van der Waals surface area contributed by atoms with Crippen molar-refractivity contribution in [2.24, 2.45) is 11.7 Å². The van der Waals surface area contributed by atoms with E-state index in [0.29, 0.717) is 31.0 Å². The minimum atomic E-state index is -0.576. The number of benzene rings is 3. The minimum Gasteiger partial charge on any atom is -0.496 e. The molecule has 4 N–H and O–H groups in total. The molecule has 5 rings (SSSR count). The average Bonchev–Trinajstić information content (AvgIpc) is 3.42. The molecule has 0 aliphatic carbocycles. The zero-order chi connectivity index (χ0) is 25.9. The number of nitrogens with zero attached hydrogens (tertiary/aromatic N) is 4. The maximum Gasteiger partial charge on any atom is 0.234 e. The Morgan fingerprint density at radius 2 is 2.08 bits per heavy atom. The van der Waals surface area contributed by atoms with Crippen molar-refractivity contribution in [1.29, 1.82) is 0 Å². The number of amides is 2. The molecule has 0 unspecified atom stereocenters. The summed E-state index contributed by atoms with van der Waals surface area (Å²) in [7, 11) is 3.32. The van der Waals surface area contributed by atoms with Crippen LogP contribution in [0, 0.1) is 5.92 Å². The number of nitrogens with one attached hydrogen (secondary N) is 2. The number of carbonyl (C=O) groups excluding carboxylic acids is 2. The number of rotatable bonds is 8. The molecule has 1 aromatic heterocycles. The van der Waals surface area contributed by atoms with Crippen molar-refractivity contribution < 1.29 is 14.3 Å². The summed E-state index contributed by atoms with van der Waals surface area (Å²) in [5, 5.41) is 19.2. The highest BCUT2D eigenvalue weighted by molar-refractivity contribution is 5.98. The first-order valence-corrected chi connectivity index (χ1v) is 12.2. The SMILES string of the molecule is CN[C@@H](C[C@@H]1CCc2ccccc2N(Cc2c(OC)ccc3cc(-c4nn[nH]n4)ccc23)C1=O)C(N)=O. The lowest BCUT2D eigenvalue weighted by Gasteiger charge is -2.28. The van der Waals surface area contributed by atoms with Gasteiger partial charge in [0.2, 0.25) is 17.6 Å². The van der Waals surface area contributed by atoms with Crippen LogP contribution in [-0.2, 0) is 22.6 Å². The van der Waals surface area contributed by atoms with Crippen molar-refractivity contribution in [2.45, 2.75) is 31.8 Å². The van der Waals surface area contributed by atoms with Crippen LogP contribution in [0.2, 0.25) is 0 Å². The van der Waals surface area contributed by atoms with E-state index in [1.165, 1.54) is 0 Å². The number of methoxy groups -OCH3 is 1. The molecule has 0 fully saturated rings. The summed E-state index contributed by atoms with van der Waals surface area (Å²) in [4.78, 5) is 27.8. The Balaban J connectivity index is 1.57. The van der Waals surface area contributed by atoms with Gasteiger partial charge in [-0.05, 0) is 66.1 Å². The van der Waals surface area contributed by atoms with Crippen molar-refractivity contribution in [3.05, 3.63) is 65.7 Å². The van der Waals surface area contributed by atoms with Crippen LogP contribution >= 0.6 is 0 Å². The van der Waals surface area contributed by atoms with E-state index in [0.717, 1.165) is 39.6 Å². The van der Waals surface area contributed by atoms with Crippen molar-refractivity contribution in [3.63, 3.8) is 0 Å². The van der Waals surface area contributed by atoms with E-state index < -0.39 is 11.9 Å². The third-order valence-corrected chi connectivity index (χ3v) is 7.10. The molecule has 10 heteroatoms. The number of ether oxygens (including phenoxy) is 1. The number of primary amides is 1. The van der Waals surface area contributed by atoms with Crippen molar-refractivity contribution in [2.75, 3.05) is 19.1 Å². The van der Waals surface area contributed by atoms with E-state index in [-0.39, 0.29) is 11.8 Å². The van der Waals surface area contributed by atoms with Crippen LogP contribution in [-0.4, -0.2) is 52.6 Å². The maximum absolute atomic E-state index is 14.0. The molecule has 10 nitrogen and oxygen atoms in total. The Morgan fingerprint density at radius 3 is 2.81 bits per heavy atom. The van der Waals surface area contributed by atoms with Crippen LogP contribution in [0.5, 0.6) is 5.75 Å². The van der Waals surface area contributed by atoms with E-state index in [2.05, 4.69) is 32.0 Å². The third-order valence-electron chi connectivity index (χ3n) is 7.10. The van der Waals surface area contributed by atoms with Gasteiger partial charge in [-0.15, -0.1) is 10.2 Å².